The van der Waals surface area contributed by atoms with E-state index in [1.165, 1.54) is 5.56 Å². The van der Waals surface area contributed by atoms with Gasteiger partial charge < -0.3 is 15.5 Å². The molecule has 0 saturated carbocycles. The lowest BCUT2D eigenvalue weighted by Gasteiger charge is -2.34. The fraction of sp³-hybridized carbons (Fsp3) is 0.440. The zero-order valence-corrected chi connectivity index (χ0v) is 18.6. The molecule has 1 heterocycles. The van der Waals surface area contributed by atoms with Crippen LogP contribution < -0.4 is 10.6 Å². The van der Waals surface area contributed by atoms with Gasteiger partial charge in [0.15, 0.2) is 0 Å². The van der Waals surface area contributed by atoms with E-state index in [2.05, 4.69) is 41.5 Å². The highest BCUT2D eigenvalue weighted by molar-refractivity contribution is 5.90. The Bertz CT molecular complexity index is 824. The summed E-state index contributed by atoms with van der Waals surface area (Å²) in [6.07, 6.45) is 1.64. The summed E-state index contributed by atoms with van der Waals surface area (Å²) < 4.78 is 0. The van der Waals surface area contributed by atoms with E-state index < -0.39 is 0 Å². The molecule has 0 unspecified atom stereocenters. The molecule has 0 aliphatic carbocycles. The van der Waals surface area contributed by atoms with Crippen LogP contribution in [0.2, 0.25) is 0 Å². The molecule has 6 nitrogen and oxygen atoms in total. The molecular weight excluding hydrogens is 388 g/mol. The maximum atomic E-state index is 13.0. The number of urea groups is 1. The fourth-order valence-corrected chi connectivity index (χ4v) is 4.24. The van der Waals surface area contributed by atoms with Crippen molar-refractivity contribution in [2.75, 3.05) is 38.0 Å². The van der Waals surface area contributed by atoms with Gasteiger partial charge in [-0.05, 0) is 43.6 Å². The lowest BCUT2D eigenvalue weighted by molar-refractivity contribution is -0.126. The highest BCUT2D eigenvalue weighted by Crippen LogP contribution is 2.21. The first-order valence-corrected chi connectivity index (χ1v) is 11.3. The number of likely N-dealkylation sites (tertiary alicyclic amines) is 1. The number of nitrogens with zero attached hydrogens (tertiary/aromatic N) is 2. The molecule has 1 aliphatic rings. The maximum Gasteiger partial charge on any atom is 0.321 e. The highest BCUT2D eigenvalue weighted by Gasteiger charge is 2.29. The van der Waals surface area contributed by atoms with Crippen LogP contribution >= 0.6 is 0 Å². The van der Waals surface area contributed by atoms with Crippen molar-refractivity contribution in [3.05, 3.63) is 66.2 Å². The summed E-state index contributed by atoms with van der Waals surface area (Å²) in [7, 11) is 0. The van der Waals surface area contributed by atoms with Gasteiger partial charge in [0.05, 0.1) is 12.0 Å². The third kappa shape index (κ3) is 6.31. The first-order valence-electron chi connectivity index (χ1n) is 11.3. The van der Waals surface area contributed by atoms with Crippen molar-refractivity contribution in [2.45, 2.75) is 32.7 Å². The van der Waals surface area contributed by atoms with Gasteiger partial charge in [0, 0.05) is 25.3 Å². The number of hydrogen-bond acceptors (Lipinski definition) is 3. The minimum atomic E-state index is -0.177. The van der Waals surface area contributed by atoms with Gasteiger partial charge in [-0.1, -0.05) is 62.4 Å². The molecule has 2 atom stereocenters. The second-order valence-electron chi connectivity index (χ2n) is 7.97. The van der Waals surface area contributed by atoms with Gasteiger partial charge in [-0.15, -0.1) is 0 Å². The molecule has 3 amide bonds. The van der Waals surface area contributed by atoms with E-state index in [-0.39, 0.29) is 23.9 Å². The monoisotopic (exact) mass is 422 g/mol. The zero-order valence-electron chi connectivity index (χ0n) is 18.6. The molecule has 2 aromatic carbocycles. The Labute approximate surface area is 185 Å². The number of carbonyl (C=O) groups is 2. The van der Waals surface area contributed by atoms with E-state index in [4.69, 9.17) is 0 Å². The van der Waals surface area contributed by atoms with E-state index >= 15 is 0 Å². The maximum absolute atomic E-state index is 13.0. The van der Waals surface area contributed by atoms with Crippen molar-refractivity contribution >= 4 is 17.6 Å². The zero-order chi connectivity index (χ0) is 22.1. The van der Waals surface area contributed by atoms with Gasteiger partial charge >= 0.3 is 6.03 Å². The smallest absolute Gasteiger partial charge is 0.321 e. The quantitative estimate of drug-likeness (QED) is 0.672. The van der Waals surface area contributed by atoms with Crippen molar-refractivity contribution < 1.29 is 9.59 Å². The molecule has 2 aromatic rings. The minimum Gasteiger partial charge on any atom is -0.354 e. The van der Waals surface area contributed by atoms with E-state index in [1.807, 2.05) is 48.5 Å². The third-order valence-electron chi connectivity index (χ3n) is 6.01. The summed E-state index contributed by atoms with van der Waals surface area (Å²) in [6, 6.07) is 19.7. The first-order chi connectivity index (χ1) is 15.1. The lowest BCUT2D eigenvalue weighted by atomic mass is 9.97. The SMILES string of the molecule is CCN(CC)[C@H](CNC(=O)[C@@H]1CCCN(C(=O)Nc2ccccc2)C1)c1ccccc1. The number of nitrogens with one attached hydrogen (secondary N) is 2. The number of piperidine rings is 1. The van der Waals surface area contributed by atoms with Crippen LogP contribution in [-0.2, 0) is 4.79 Å². The normalized spacial score (nSPS) is 17.3. The molecule has 2 N–H and O–H groups in total. The predicted molar refractivity (Wildman–Crippen MR) is 125 cm³/mol. The van der Waals surface area contributed by atoms with Crippen LogP contribution in [0.25, 0.3) is 0 Å². The Balaban J connectivity index is 1.58. The second kappa shape index (κ2) is 11.5. The molecule has 1 aliphatic heterocycles. The standard InChI is InChI=1S/C25H34N4O2/c1-3-28(4-2)23(20-12-7-5-8-13-20)18-26-24(30)21-14-11-17-29(19-21)25(31)27-22-15-9-6-10-16-22/h5-10,12-13,15-16,21,23H,3-4,11,14,17-19H2,1-2H3,(H,26,30)(H,27,31)/t21-,23-/m1/s1. The molecule has 0 aromatic heterocycles. The van der Waals surface area contributed by atoms with Crippen molar-refractivity contribution in [1.82, 2.24) is 15.1 Å². The molecule has 166 valence electrons. The molecule has 1 fully saturated rings. The van der Waals surface area contributed by atoms with E-state index in [0.29, 0.717) is 19.6 Å². The fourth-order valence-electron chi connectivity index (χ4n) is 4.24. The molecule has 0 bridgehead atoms. The Morgan fingerprint density at radius 3 is 2.32 bits per heavy atom. The summed E-state index contributed by atoms with van der Waals surface area (Å²) in [5.74, 6) is -0.145. The first kappa shape index (κ1) is 22.8. The Kier molecular flexibility index (Phi) is 8.47. The number of para-hydroxylation sites is 1. The second-order valence-corrected chi connectivity index (χ2v) is 7.97. The Morgan fingerprint density at radius 2 is 1.68 bits per heavy atom. The topological polar surface area (TPSA) is 64.7 Å². The van der Waals surface area contributed by atoms with Gasteiger partial charge in [0.2, 0.25) is 5.91 Å². The van der Waals surface area contributed by atoms with Crippen LogP contribution in [-0.4, -0.2) is 54.5 Å². The number of carbonyl (C=O) groups excluding carboxylic acids is 2. The van der Waals surface area contributed by atoms with Crippen LogP contribution in [0.3, 0.4) is 0 Å². The van der Waals surface area contributed by atoms with Crippen LogP contribution in [0.1, 0.15) is 38.3 Å². The molecule has 6 heteroatoms. The van der Waals surface area contributed by atoms with Crippen LogP contribution in [0.4, 0.5) is 10.5 Å². The molecule has 1 saturated heterocycles. The van der Waals surface area contributed by atoms with Gasteiger partial charge in [-0.25, -0.2) is 4.79 Å². The number of amides is 3. The van der Waals surface area contributed by atoms with Gasteiger partial charge in [0.25, 0.3) is 0 Å². The Hall–Kier alpha value is -2.86. The molecule has 31 heavy (non-hydrogen) atoms. The van der Waals surface area contributed by atoms with Gasteiger partial charge in [-0.3, -0.25) is 9.69 Å². The lowest BCUT2D eigenvalue weighted by Crippen LogP contribution is -2.48. The Morgan fingerprint density at radius 1 is 1.03 bits per heavy atom. The summed E-state index contributed by atoms with van der Waals surface area (Å²) >= 11 is 0. The molecule has 0 radical (unpaired) electrons. The van der Waals surface area contributed by atoms with E-state index in [9.17, 15) is 9.59 Å². The van der Waals surface area contributed by atoms with Crippen molar-refractivity contribution in [3.63, 3.8) is 0 Å². The number of anilines is 1. The largest absolute Gasteiger partial charge is 0.354 e. The number of benzene rings is 2. The van der Waals surface area contributed by atoms with Gasteiger partial charge in [0.1, 0.15) is 0 Å². The summed E-state index contributed by atoms with van der Waals surface area (Å²) in [5.41, 5.74) is 1.98. The van der Waals surface area contributed by atoms with E-state index in [0.717, 1.165) is 31.6 Å². The number of likely N-dealkylation sites (N-methyl/N-ethyl adjacent to an activating group) is 1. The minimum absolute atomic E-state index is 0.0327. The number of rotatable bonds is 8. The molecule has 0 spiro atoms. The van der Waals surface area contributed by atoms with E-state index in [1.54, 1.807) is 4.90 Å². The van der Waals surface area contributed by atoms with Crippen LogP contribution in [0, 0.1) is 5.92 Å². The van der Waals surface area contributed by atoms with Crippen molar-refractivity contribution in [2.24, 2.45) is 5.92 Å². The van der Waals surface area contributed by atoms with Crippen LogP contribution in [0.15, 0.2) is 60.7 Å². The predicted octanol–water partition coefficient (Wildman–Crippen LogP) is 4.13. The van der Waals surface area contributed by atoms with Gasteiger partial charge in [-0.2, -0.15) is 0 Å². The average molecular weight is 423 g/mol. The average Bonchev–Trinajstić information content (AvgIpc) is 2.83. The summed E-state index contributed by atoms with van der Waals surface area (Å²) in [5, 5.41) is 6.09. The third-order valence-corrected chi connectivity index (χ3v) is 6.01. The summed E-state index contributed by atoms with van der Waals surface area (Å²) in [4.78, 5) is 29.7. The van der Waals surface area contributed by atoms with Crippen LogP contribution in [0.5, 0.6) is 0 Å². The highest BCUT2D eigenvalue weighted by atomic mass is 16.2. The van der Waals surface area contributed by atoms with Crippen molar-refractivity contribution in [3.8, 4) is 0 Å². The number of hydrogen-bond donors (Lipinski definition) is 2. The molecular formula is C25H34N4O2. The molecule has 3 rings (SSSR count). The van der Waals surface area contributed by atoms with Crippen molar-refractivity contribution in [1.29, 1.82) is 0 Å². The summed E-state index contributed by atoms with van der Waals surface area (Å²) in [6.45, 7) is 7.82.